The Morgan fingerprint density at radius 2 is 2.20 bits per heavy atom. The zero-order valence-corrected chi connectivity index (χ0v) is 12.9. The van der Waals surface area contributed by atoms with Crippen LogP contribution in [0.4, 0.5) is 0 Å². The van der Waals surface area contributed by atoms with Crippen LogP contribution in [0.3, 0.4) is 0 Å². The number of benzene rings is 1. The van der Waals surface area contributed by atoms with E-state index < -0.39 is 5.54 Å². The maximum Gasteiger partial charge on any atom is 0.237 e. The van der Waals surface area contributed by atoms with Gasteiger partial charge in [0.25, 0.3) is 0 Å². The summed E-state index contributed by atoms with van der Waals surface area (Å²) in [5, 5.41) is 5.61. The summed E-state index contributed by atoms with van der Waals surface area (Å²) in [6.07, 6.45) is 0.679. The lowest BCUT2D eigenvalue weighted by Gasteiger charge is -2.28. The lowest BCUT2D eigenvalue weighted by atomic mass is 9.95. The molecule has 108 valence electrons. The molecule has 0 saturated heterocycles. The van der Waals surface area contributed by atoms with Gasteiger partial charge in [0.1, 0.15) is 0 Å². The molecule has 0 radical (unpaired) electrons. The van der Waals surface area contributed by atoms with Crippen molar-refractivity contribution in [2.75, 3.05) is 7.05 Å². The summed E-state index contributed by atoms with van der Waals surface area (Å²) in [7, 11) is 1.77. The summed E-state index contributed by atoms with van der Waals surface area (Å²) >= 11 is 1.73. The lowest BCUT2D eigenvalue weighted by Crippen LogP contribution is -2.52. The van der Waals surface area contributed by atoms with Crippen molar-refractivity contribution in [3.05, 3.63) is 30.3 Å². The summed E-state index contributed by atoms with van der Waals surface area (Å²) in [6, 6.07) is 10.3. The molecule has 20 heavy (non-hydrogen) atoms. The van der Waals surface area contributed by atoms with Crippen LogP contribution in [0, 0.1) is 0 Å². The zero-order chi connectivity index (χ0) is 14.8. The second kappa shape index (κ2) is 5.89. The average molecular weight is 291 g/mol. The van der Waals surface area contributed by atoms with Gasteiger partial charge in [-0.25, -0.2) is 0 Å². The first kappa shape index (κ1) is 14.9. The fourth-order valence-corrected chi connectivity index (χ4v) is 3.48. The first-order chi connectivity index (χ1) is 9.44. The van der Waals surface area contributed by atoms with Crippen molar-refractivity contribution in [1.29, 1.82) is 0 Å². The van der Waals surface area contributed by atoms with Crippen LogP contribution >= 0.6 is 11.8 Å². The average Bonchev–Trinajstić information content (AvgIpc) is 2.79. The fourth-order valence-electron chi connectivity index (χ4n) is 2.27. The van der Waals surface area contributed by atoms with E-state index in [1.165, 1.54) is 5.39 Å². The number of nitrogens with two attached hydrogens (primary N) is 1. The van der Waals surface area contributed by atoms with Crippen LogP contribution in [0.5, 0.6) is 0 Å². The molecule has 2 atom stereocenters. The summed E-state index contributed by atoms with van der Waals surface area (Å²) in [5.74, 6) is -0.316. The molecule has 1 aromatic carbocycles. The fraction of sp³-hybridized carbons (Fsp3) is 0.400. The first-order valence-corrected chi connectivity index (χ1v) is 7.56. The van der Waals surface area contributed by atoms with Crippen molar-refractivity contribution in [2.24, 2.45) is 5.73 Å². The van der Waals surface area contributed by atoms with E-state index in [9.17, 15) is 4.79 Å². The SMILES string of the molecule is CNC(C)(CC(C)Sc1cc2ccccc2[nH]1)C(N)=O. The van der Waals surface area contributed by atoms with E-state index in [0.717, 1.165) is 10.5 Å². The Balaban J connectivity index is 2.07. The number of likely N-dealkylation sites (N-methyl/N-ethyl adjacent to an activating group) is 1. The molecule has 0 aliphatic rings. The van der Waals surface area contributed by atoms with Crippen molar-refractivity contribution in [2.45, 2.75) is 36.1 Å². The number of aromatic amines is 1. The van der Waals surface area contributed by atoms with Crippen molar-refractivity contribution in [1.82, 2.24) is 10.3 Å². The minimum atomic E-state index is -0.668. The highest BCUT2D eigenvalue weighted by Crippen LogP contribution is 2.30. The third-order valence-electron chi connectivity index (χ3n) is 3.62. The van der Waals surface area contributed by atoms with Gasteiger partial charge in [0.15, 0.2) is 0 Å². The number of fused-ring (bicyclic) bond motifs is 1. The van der Waals surface area contributed by atoms with E-state index in [4.69, 9.17) is 5.73 Å². The van der Waals surface area contributed by atoms with Gasteiger partial charge in [0.2, 0.25) is 5.91 Å². The highest BCUT2D eigenvalue weighted by atomic mass is 32.2. The molecule has 0 aliphatic carbocycles. The molecule has 0 aliphatic heterocycles. The molecular weight excluding hydrogens is 270 g/mol. The number of hydrogen-bond donors (Lipinski definition) is 3. The molecule has 4 nitrogen and oxygen atoms in total. The van der Waals surface area contributed by atoms with Crippen LogP contribution in [0.1, 0.15) is 20.3 Å². The molecule has 2 aromatic rings. The maximum absolute atomic E-state index is 11.5. The number of thioether (sulfide) groups is 1. The van der Waals surface area contributed by atoms with E-state index in [-0.39, 0.29) is 11.2 Å². The smallest absolute Gasteiger partial charge is 0.237 e. The lowest BCUT2D eigenvalue weighted by molar-refractivity contribution is -0.123. The van der Waals surface area contributed by atoms with Crippen LogP contribution in [0.15, 0.2) is 35.4 Å². The van der Waals surface area contributed by atoms with E-state index in [0.29, 0.717) is 6.42 Å². The molecule has 4 N–H and O–H groups in total. The van der Waals surface area contributed by atoms with Crippen LogP contribution in [-0.4, -0.2) is 28.7 Å². The monoisotopic (exact) mass is 291 g/mol. The van der Waals surface area contributed by atoms with Gasteiger partial charge in [-0.1, -0.05) is 25.1 Å². The molecular formula is C15H21N3OS. The van der Waals surface area contributed by atoms with Crippen molar-refractivity contribution >= 4 is 28.6 Å². The van der Waals surface area contributed by atoms with Gasteiger partial charge < -0.3 is 16.0 Å². The van der Waals surface area contributed by atoms with Gasteiger partial charge in [-0.2, -0.15) is 0 Å². The second-order valence-electron chi connectivity index (χ2n) is 5.30. The molecule has 1 aromatic heterocycles. The Kier molecular flexibility index (Phi) is 4.40. The summed E-state index contributed by atoms with van der Waals surface area (Å²) in [4.78, 5) is 14.9. The molecule has 5 heteroatoms. The third kappa shape index (κ3) is 3.16. The second-order valence-corrected chi connectivity index (χ2v) is 6.78. The van der Waals surface area contributed by atoms with Gasteiger partial charge in [-0.3, -0.25) is 4.79 Å². The molecule has 0 fully saturated rings. The topological polar surface area (TPSA) is 70.9 Å². The molecule has 2 unspecified atom stereocenters. The highest BCUT2D eigenvalue weighted by Gasteiger charge is 2.31. The van der Waals surface area contributed by atoms with E-state index in [1.54, 1.807) is 18.8 Å². The van der Waals surface area contributed by atoms with Crippen molar-refractivity contribution < 1.29 is 4.79 Å². The molecule has 1 amide bonds. The number of H-pyrrole nitrogens is 1. The number of nitrogens with one attached hydrogen (secondary N) is 2. The number of carbonyl (C=O) groups excluding carboxylic acids is 1. The number of carbonyl (C=O) groups is 1. The predicted molar refractivity (Wildman–Crippen MR) is 84.9 cm³/mol. The Labute approximate surface area is 123 Å². The van der Waals surface area contributed by atoms with Gasteiger partial charge in [0.05, 0.1) is 10.6 Å². The number of primary amides is 1. The number of hydrogen-bond acceptors (Lipinski definition) is 3. The van der Waals surface area contributed by atoms with Crippen molar-refractivity contribution in [3.63, 3.8) is 0 Å². The van der Waals surface area contributed by atoms with E-state index in [2.05, 4.69) is 35.4 Å². The van der Waals surface area contributed by atoms with Gasteiger partial charge in [-0.05, 0) is 32.5 Å². The standard InChI is InChI=1S/C15H21N3OS/c1-10(9-15(2,17-3)14(16)19)20-13-8-11-6-4-5-7-12(11)18-13/h4-8,10,17-18H,9H2,1-3H3,(H2,16,19). The quantitative estimate of drug-likeness (QED) is 0.716. The Bertz CT molecular complexity index is 577. The van der Waals surface area contributed by atoms with E-state index in [1.807, 2.05) is 19.1 Å². The van der Waals surface area contributed by atoms with E-state index >= 15 is 0 Å². The number of aromatic nitrogens is 1. The van der Waals surface area contributed by atoms with Crippen LogP contribution < -0.4 is 11.1 Å². The van der Waals surface area contributed by atoms with Crippen molar-refractivity contribution in [3.8, 4) is 0 Å². The minimum Gasteiger partial charge on any atom is -0.368 e. The Hall–Kier alpha value is -1.46. The largest absolute Gasteiger partial charge is 0.368 e. The first-order valence-electron chi connectivity index (χ1n) is 6.68. The number of para-hydroxylation sites is 1. The molecule has 2 rings (SSSR count). The molecule has 0 bridgehead atoms. The Morgan fingerprint density at radius 3 is 2.80 bits per heavy atom. The number of rotatable bonds is 6. The van der Waals surface area contributed by atoms with Crippen LogP contribution in [-0.2, 0) is 4.79 Å². The summed E-state index contributed by atoms with van der Waals surface area (Å²) < 4.78 is 0. The van der Waals surface area contributed by atoms with Crippen LogP contribution in [0.2, 0.25) is 0 Å². The Morgan fingerprint density at radius 1 is 1.50 bits per heavy atom. The minimum absolute atomic E-state index is 0.271. The highest BCUT2D eigenvalue weighted by molar-refractivity contribution is 7.99. The molecule has 0 spiro atoms. The third-order valence-corrected chi connectivity index (χ3v) is 4.67. The normalized spacial score (nSPS) is 15.9. The zero-order valence-electron chi connectivity index (χ0n) is 12.1. The molecule has 1 heterocycles. The summed E-state index contributed by atoms with van der Waals surface area (Å²) in [6.45, 7) is 3.95. The van der Waals surface area contributed by atoms with Crippen LogP contribution in [0.25, 0.3) is 10.9 Å². The van der Waals surface area contributed by atoms with Gasteiger partial charge in [0, 0.05) is 16.2 Å². The van der Waals surface area contributed by atoms with Gasteiger partial charge >= 0.3 is 0 Å². The van der Waals surface area contributed by atoms with Gasteiger partial charge in [-0.15, -0.1) is 11.8 Å². The predicted octanol–water partition coefficient (Wildman–Crippen LogP) is 2.50. The maximum atomic E-state index is 11.5. The number of amides is 1. The molecule has 0 saturated carbocycles. The summed E-state index contributed by atoms with van der Waals surface area (Å²) in [5.41, 5.74) is 5.93.